The van der Waals surface area contributed by atoms with Gasteiger partial charge in [-0.1, -0.05) is 12.1 Å². The molecule has 2 amide bonds. The fourth-order valence-electron chi connectivity index (χ4n) is 2.09. The number of amides is 2. The van der Waals surface area contributed by atoms with Crippen LogP contribution in [-0.2, 0) is 14.3 Å². The molecule has 0 saturated carbocycles. The Labute approximate surface area is 153 Å². The predicted molar refractivity (Wildman–Crippen MR) is 92.7 cm³/mol. The van der Waals surface area contributed by atoms with Crippen LogP contribution in [0.4, 0.5) is 20.2 Å². The Morgan fingerprint density at radius 3 is 2.33 bits per heavy atom. The maximum atomic E-state index is 12.2. The third-order valence-electron chi connectivity index (χ3n) is 3.10. The second-order valence-corrected chi connectivity index (χ2v) is 5.29. The number of carbonyl (C=O) groups is 3. The molecule has 0 aromatic heterocycles. The molecule has 0 bridgehead atoms. The molecule has 0 aliphatic heterocycles. The maximum Gasteiger partial charge on any atom is 0.387 e. The zero-order chi connectivity index (χ0) is 19.8. The van der Waals surface area contributed by atoms with Crippen molar-refractivity contribution in [3.63, 3.8) is 0 Å². The molecule has 0 saturated heterocycles. The average molecular weight is 378 g/mol. The first-order chi connectivity index (χ1) is 12.8. The second-order valence-electron chi connectivity index (χ2n) is 5.29. The first kappa shape index (κ1) is 19.8. The van der Waals surface area contributed by atoms with Gasteiger partial charge in [0.05, 0.1) is 5.56 Å². The Morgan fingerprint density at radius 1 is 1.00 bits per heavy atom. The van der Waals surface area contributed by atoms with Crippen molar-refractivity contribution < 1.29 is 32.6 Å². The van der Waals surface area contributed by atoms with Crippen LogP contribution in [-0.4, -0.2) is 31.0 Å². The van der Waals surface area contributed by atoms with Crippen LogP contribution >= 0.6 is 0 Å². The molecule has 9 heteroatoms. The zero-order valence-corrected chi connectivity index (χ0v) is 14.2. The lowest BCUT2D eigenvalue weighted by molar-refractivity contribution is -0.119. The fourth-order valence-corrected chi connectivity index (χ4v) is 2.09. The molecule has 0 fully saturated rings. The number of anilines is 2. The normalized spacial score (nSPS) is 10.2. The van der Waals surface area contributed by atoms with Crippen LogP contribution in [0.2, 0.25) is 0 Å². The first-order valence-electron chi connectivity index (χ1n) is 7.73. The van der Waals surface area contributed by atoms with Crippen LogP contribution in [0.15, 0.2) is 48.5 Å². The molecular formula is C18H16F2N2O5. The highest BCUT2D eigenvalue weighted by Crippen LogP contribution is 2.17. The Kier molecular flexibility index (Phi) is 6.81. The summed E-state index contributed by atoms with van der Waals surface area (Å²) < 4.78 is 33.4. The minimum Gasteiger partial charge on any atom is -0.452 e. The maximum absolute atomic E-state index is 12.2. The Balaban J connectivity index is 1.90. The van der Waals surface area contributed by atoms with Crippen LogP contribution in [0, 0.1) is 0 Å². The highest BCUT2D eigenvalue weighted by atomic mass is 19.3. The number of hydrogen-bond acceptors (Lipinski definition) is 5. The number of alkyl halides is 2. The third-order valence-corrected chi connectivity index (χ3v) is 3.10. The second kappa shape index (κ2) is 9.27. The van der Waals surface area contributed by atoms with Crippen molar-refractivity contribution in [2.24, 2.45) is 0 Å². The Bertz CT molecular complexity index is 842. The topological polar surface area (TPSA) is 93.7 Å². The number of halogens is 2. The van der Waals surface area contributed by atoms with E-state index in [-0.39, 0.29) is 17.2 Å². The first-order valence-corrected chi connectivity index (χ1v) is 7.73. The molecule has 0 unspecified atom stereocenters. The molecule has 142 valence electrons. The molecule has 0 atom stereocenters. The number of benzene rings is 2. The number of hydrogen-bond donors (Lipinski definition) is 2. The van der Waals surface area contributed by atoms with E-state index in [0.29, 0.717) is 11.4 Å². The molecule has 2 N–H and O–H groups in total. The summed E-state index contributed by atoms with van der Waals surface area (Å²) in [6, 6.07) is 11.4. The van der Waals surface area contributed by atoms with Crippen LogP contribution in [0.25, 0.3) is 0 Å². The van der Waals surface area contributed by atoms with Crippen molar-refractivity contribution in [1.82, 2.24) is 0 Å². The highest BCUT2D eigenvalue weighted by molar-refractivity contribution is 5.96. The van der Waals surface area contributed by atoms with Crippen molar-refractivity contribution in [3.8, 4) is 5.75 Å². The molecule has 0 heterocycles. The van der Waals surface area contributed by atoms with E-state index in [1.807, 2.05) is 0 Å². The van der Waals surface area contributed by atoms with Gasteiger partial charge in [-0.05, 0) is 36.4 Å². The van der Waals surface area contributed by atoms with Gasteiger partial charge in [0, 0.05) is 18.3 Å². The molecule has 2 aromatic rings. The van der Waals surface area contributed by atoms with Crippen molar-refractivity contribution in [2.45, 2.75) is 13.5 Å². The quantitative estimate of drug-likeness (QED) is 0.723. The minimum atomic E-state index is -3.02. The van der Waals surface area contributed by atoms with Gasteiger partial charge in [0.15, 0.2) is 6.61 Å². The summed E-state index contributed by atoms with van der Waals surface area (Å²) in [5, 5.41) is 5.08. The summed E-state index contributed by atoms with van der Waals surface area (Å²) in [4.78, 5) is 34.9. The average Bonchev–Trinajstić information content (AvgIpc) is 2.59. The van der Waals surface area contributed by atoms with Crippen LogP contribution in [0.1, 0.15) is 17.3 Å². The Morgan fingerprint density at radius 2 is 1.67 bits per heavy atom. The van der Waals surface area contributed by atoms with Gasteiger partial charge in [0.2, 0.25) is 5.91 Å². The van der Waals surface area contributed by atoms with Crippen LogP contribution in [0.5, 0.6) is 5.75 Å². The number of carbonyl (C=O) groups excluding carboxylic acids is 3. The monoisotopic (exact) mass is 378 g/mol. The molecule has 0 radical (unpaired) electrons. The fraction of sp³-hybridized carbons (Fsp3) is 0.167. The van der Waals surface area contributed by atoms with Crippen molar-refractivity contribution in [2.75, 3.05) is 17.2 Å². The van der Waals surface area contributed by atoms with E-state index >= 15 is 0 Å². The van der Waals surface area contributed by atoms with E-state index < -0.39 is 25.1 Å². The van der Waals surface area contributed by atoms with Crippen LogP contribution < -0.4 is 15.4 Å². The number of rotatable bonds is 7. The molecular weight excluding hydrogens is 362 g/mol. The van der Waals surface area contributed by atoms with Gasteiger partial charge in [-0.25, -0.2) is 4.79 Å². The van der Waals surface area contributed by atoms with E-state index in [1.54, 1.807) is 18.2 Å². The summed E-state index contributed by atoms with van der Waals surface area (Å²) in [5.41, 5.74) is 0.858. The SMILES string of the molecule is CC(=O)Nc1cccc(NC(=O)COC(=O)c2cccc(OC(F)F)c2)c1. The van der Waals surface area contributed by atoms with E-state index in [1.165, 1.54) is 31.2 Å². The molecule has 7 nitrogen and oxygen atoms in total. The summed E-state index contributed by atoms with van der Waals surface area (Å²) in [6.45, 7) is -2.25. The van der Waals surface area contributed by atoms with Gasteiger partial charge < -0.3 is 20.1 Å². The standard InChI is InChI=1S/C18H16F2N2O5/c1-11(23)21-13-5-3-6-14(9-13)22-16(24)10-26-17(25)12-4-2-7-15(8-12)27-18(19)20/h2-9,18H,10H2,1H3,(H,21,23)(H,22,24). The zero-order valence-electron chi connectivity index (χ0n) is 14.2. The molecule has 0 aliphatic rings. The molecule has 0 aliphatic carbocycles. The smallest absolute Gasteiger partial charge is 0.387 e. The van der Waals surface area contributed by atoms with Crippen LogP contribution in [0.3, 0.4) is 0 Å². The molecule has 27 heavy (non-hydrogen) atoms. The van der Waals surface area contributed by atoms with Gasteiger partial charge in [-0.15, -0.1) is 0 Å². The summed E-state index contributed by atoms with van der Waals surface area (Å²) in [7, 11) is 0. The van der Waals surface area contributed by atoms with E-state index in [9.17, 15) is 23.2 Å². The molecule has 0 spiro atoms. The lowest BCUT2D eigenvalue weighted by atomic mass is 10.2. The minimum absolute atomic E-state index is 0.0337. The van der Waals surface area contributed by atoms with Gasteiger partial charge in [-0.3, -0.25) is 9.59 Å². The lowest BCUT2D eigenvalue weighted by Crippen LogP contribution is -2.21. The number of esters is 1. The van der Waals surface area contributed by atoms with E-state index in [2.05, 4.69) is 15.4 Å². The van der Waals surface area contributed by atoms with Gasteiger partial charge >= 0.3 is 12.6 Å². The molecule has 2 aromatic carbocycles. The van der Waals surface area contributed by atoms with Gasteiger partial charge in [0.25, 0.3) is 5.91 Å². The predicted octanol–water partition coefficient (Wildman–Crippen LogP) is 3.04. The highest BCUT2D eigenvalue weighted by Gasteiger charge is 2.13. The summed E-state index contributed by atoms with van der Waals surface area (Å²) >= 11 is 0. The van der Waals surface area contributed by atoms with Crippen molar-refractivity contribution in [3.05, 3.63) is 54.1 Å². The lowest BCUT2D eigenvalue weighted by Gasteiger charge is -2.09. The van der Waals surface area contributed by atoms with E-state index in [4.69, 9.17) is 4.74 Å². The van der Waals surface area contributed by atoms with Crippen molar-refractivity contribution in [1.29, 1.82) is 0 Å². The Hall–Kier alpha value is -3.49. The summed E-state index contributed by atoms with van der Waals surface area (Å²) in [5.74, 6) is -1.93. The largest absolute Gasteiger partial charge is 0.452 e. The van der Waals surface area contributed by atoms with Gasteiger partial charge in [-0.2, -0.15) is 8.78 Å². The number of ether oxygens (including phenoxy) is 2. The summed E-state index contributed by atoms with van der Waals surface area (Å²) in [6.07, 6.45) is 0. The number of nitrogens with one attached hydrogen (secondary N) is 2. The van der Waals surface area contributed by atoms with Crippen molar-refractivity contribution >= 4 is 29.2 Å². The van der Waals surface area contributed by atoms with Gasteiger partial charge in [0.1, 0.15) is 5.75 Å². The van der Waals surface area contributed by atoms with E-state index in [0.717, 1.165) is 6.07 Å². The molecule has 2 rings (SSSR count). The third kappa shape index (κ3) is 6.73.